The van der Waals surface area contributed by atoms with E-state index in [0.29, 0.717) is 0 Å². The molecule has 1 aliphatic rings. The van der Waals surface area contributed by atoms with Crippen LogP contribution in [0.5, 0.6) is 0 Å². The minimum Gasteiger partial charge on any atom is -0.390 e. The van der Waals surface area contributed by atoms with E-state index in [1.165, 1.54) is 0 Å². The van der Waals surface area contributed by atoms with Gasteiger partial charge in [0.2, 0.25) is 5.82 Å². The van der Waals surface area contributed by atoms with Crippen molar-refractivity contribution >= 4 is 7.82 Å². The van der Waals surface area contributed by atoms with Gasteiger partial charge < -0.3 is 24.7 Å². The number of hydrogen-bond donors (Lipinski definition) is 5. The zero-order valence-electron chi connectivity index (χ0n) is 9.53. The lowest BCUT2D eigenvalue weighted by Crippen LogP contribution is -2.47. The van der Waals surface area contributed by atoms with Crippen molar-refractivity contribution in [2.45, 2.75) is 30.8 Å². The summed E-state index contributed by atoms with van der Waals surface area (Å²) in [5.74, 6) is 0.173. The lowest BCUT2D eigenvalue weighted by atomic mass is 9.98. The molecule has 12 heteroatoms. The molecule has 0 unspecified atom stereocenters. The van der Waals surface area contributed by atoms with Gasteiger partial charge in [0.05, 0.1) is 12.7 Å². The van der Waals surface area contributed by atoms with Crippen molar-refractivity contribution in [3.05, 3.63) is 5.82 Å². The molecular weight excluding hydrogens is 283 g/mol. The first-order valence-electron chi connectivity index (χ1n) is 5.32. The molecule has 0 saturated carbocycles. The Hall–Kier alpha value is -0.940. The van der Waals surface area contributed by atoms with E-state index in [1.54, 1.807) is 0 Å². The summed E-state index contributed by atoms with van der Waals surface area (Å²) in [7, 11) is -4.68. The van der Waals surface area contributed by atoms with Crippen LogP contribution >= 0.6 is 7.82 Å². The number of hydrogen-bond acceptors (Lipinski definition) is 8. The fourth-order valence-electron chi connectivity index (χ4n) is 1.73. The largest absolute Gasteiger partial charge is 0.469 e. The molecule has 1 aromatic rings. The van der Waals surface area contributed by atoms with Gasteiger partial charge in [-0.1, -0.05) is 5.21 Å². The highest BCUT2D eigenvalue weighted by atomic mass is 31.2. The highest BCUT2D eigenvalue weighted by Crippen LogP contribution is 2.38. The molecule has 2 rings (SSSR count). The van der Waals surface area contributed by atoms with Crippen LogP contribution in [0, 0.1) is 0 Å². The van der Waals surface area contributed by atoms with Crippen molar-refractivity contribution in [2.75, 3.05) is 6.61 Å². The van der Waals surface area contributed by atoms with Gasteiger partial charge in [-0.2, -0.15) is 5.21 Å². The molecule has 1 fully saturated rings. The standard InChI is InChI=1S/C7H13N4O7P/c12-3-1-4(7-8-10-11-9-7)18-5(6(3)13)2-17-19(14,15)16/h3-6,12-13H,1-2H2,(H2,14,15,16)(H,8,9,10,11)/t3-,4-,5-,6+/m1/s1. The third-order valence-corrected chi connectivity index (χ3v) is 3.11. The number of aliphatic hydroxyl groups excluding tert-OH is 2. The summed E-state index contributed by atoms with van der Waals surface area (Å²) in [5, 5.41) is 32.3. The molecule has 0 spiro atoms. The molecule has 0 aromatic carbocycles. The van der Waals surface area contributed by atoms with Gasteiger partial charge in [0.25, 0.3) is 0 Å². The van der Waals surface area contributed by atoms with E-state index in [9.17, 15) is 14.8 Å². The molecule has 1 saturated heterocycles. The highest BCUT2D eigenvalue weighted by molar-refractivity contribution is 7.46. The van der Waals surface area contributed by atoms with Crippen LogP contribution in [-0.2, 0) is 13.8 Å². The molecule has 108 valence electrons. The molecule has 0 radical (unpaired) electrons. The van der Waals surface area contributed by atoms with Gasteiger partial charge in [-0.15, -0.1) is 10.2 Å². The number of aromatic nitrogens is 4. The Balaban J connectivity index is 2.03. The van der Waals surface area contributed by atoms with Crippen molar-refractivity contribution in [3.8, 4) is 0 Å². The van der Waals surface area contributed by atoms with Crippen LogP contribution in [0.3, 0.4) is 0 Å². The third kappa shape index (κ3) is 3.76. The number of phosphoric ester groups is 1. The maximum atomic E-state index is 10.6. The van der Waals surface area contributed by atoms with Crippen LogP contribution in [-0.4, -0.2) is 65.5 Å². The number of phosphoric acid groups is 1. The lowest BCUT2D eigenvalue weighted by Gasteiger charge is -2.35. The highest BCUT2D eigenvalue weighted by Gasteiger charge is 2.39. The number of aromatic amines is 1. The average Bonchev–Trinajstić information content (AvgIpc) is 2.83. The Morgan fingerprint density at radius 2 is 2.21 bits per heavy atom. The fraction of sp³-hybridized carbons (Fsp3) is 0.857. The third-order valence-electron chi connectivity index (χ3n) is 2.63. The Morgan fingerprint density at radius 1 is 1.47 bits per heavy atom. The Labute approximate surface area is 106 Å². The Kier molecular flexibility index (Phi) is 4.26. The topological polar surface area (TPSA) is 171 Å². The van der Waals surface area contributed by atoms with Crippen molar-refractivity contribution < 1.29 is 33.8 Å². The summed E-state index contributed by atoms with van der Waals surface area (Å²) in [6.45, 7) is -0.573. The fourth-order valence-corrected chi connectivity index (χ4v) is 2.08. The second-order valence-corrected chi connectivity index (χ2v) is 5.25. The number of nitrogens with zero attached hydrogens (tertiary/aromatic N) is 3. The maximum absolute atomic E-state index is 10.6. The van der Waals surface area contributed by atoms with Crippen LogP contribution in [0.25, 0.3) is 0 Å². The first-order valence-corrected chi connectivity index (χ1v) is 6.85. The number of nitrogens with one attached hydrogen (secondary N) is 1. The minimum atomic E-state index is -4.68. The number of tetrazole rings is 1. The van der Waals surface area contributed by atoms with Crippen LogP contribution in [0.1, 0.15) is 18.3 Å². The smallest absolute Gasteiger partial charge is 0.390 e. The average molecular weight is 296 g/mol. The zero-order valence-corrected chi connectivity index (χ0v) is 10.4. The van der Waals surface area contributed by atoms with Crippen LogP contribution in [0.2, 0.25) is 0 Å². The van der Waals surface area contributed by atoms with Crippen LogP contribution in [0.15, 0.2) is 0 Å². The molecule has 5 N–H and O–H groups in total. The molecule has 4 atom stereocenters. The molecule has 0 aliphatic carbocycles. The first kappa shape index (κ1) is 14.5. The Morgan fingerprint density at radius 3 is 2.79 bits per heavy atom. The minimum absolute atomic E-state index is 0.0348. The van der Waals surface area contributed by atoms with E-state index in [4.69, 9.17) is 14.5 Å². The quantitative estimate of drug-likeness (QED) is 0.386. The van der Waals surface area contributed by atoms with Gasteiger partial charge in [0, 0.05) is 6.42 Å². The summed E-state index contributed by atoms with van der Waals surface area (Å²) >= 11 is 0. The predicted molar refractivity (Wildman–Crippen MR) is 56.4 cm³/mol. The second-order valence-electron chi connectivity index (χ2n) is 4.01. The molecule has 0 bridgehead atoms. The van der Waals surface area contributed by atoms with Crippen LogP contribution in [0.4, 0.5) is 0 Å². The summed E-state index contributed by atoms with van der Waals surface area (Å²) in [6, 6.07) is 0. The van der Waals surface area contributed by atoms with E-state index in [1.807, 2.05) is 0 Å². The molecule has 19 heavy (non-hydrogen) atoms. The molecular formula is C7H13N4O7P. The number of H-pyrrole nitrogens is 1. The van der Waals surface area contributed by atoms with Gasteiger partial charge in [-0.25, -0.2) is 4.57 Å². The van der Waals surface area contributed by atoms with Crippen molar-refractivity contribution in [1.29, 1.82) is 0 Å². The van der Waals surface area contributed by atoms with Gasteiger partial charge >= 0.3 is 7.82 Å². The van der Waals surface area contributed by atoms with E-state index in [-0.39, 0.29) is 12.2 Å². The zero-order chi connectivity index (χ0) is 14.0. The van der Waals surface area contributed by atoms with E-state index in [2.05, 4.69) is 25.1 Å². The molecule has 0 amide bonds. The van der Waals surface area contributed by atoms with Crippen molar-refractivity contribution in [3.63, 3.8) is 0 Å². The summed E-state index contributed by atoms with van der Waals surface area (Å²) in [4.78, 5) is 17.2. The summed E-state index contributed by atoms with van der Waals surface area (Å²) < 4.78 is 20.2. The number of aliphatic hydroxyl groups is 2. The maximum Gasteiger partial charge on any atom is 0.469 e. The molecule has 1 aliphatic heterocycles. The SMILES string of the molecule is O=P(O)(O)OC[C@H]1O[C@@H](c2nn[nH]n2)C[C@@H](O)[C@@H]1O. The predicted octanol–water partition coefficient (Wildman–Crippen LogP) is -2.14. The number of rotatable bonds is 4. The van der Waals surface area contributed by atoms with E-state index in [0.717, 1.165) is 0 Å². The molecule has 2 heterocycles. The normalized spacial score (nSPS) is 32.4. The van der Waals surface area contributed by atoms with Gasteiger partial charge in [0.1, 0.15) is 18.3 Å². The summed E-state index contributed by atoms with van der Waals surface area (Å²) in [5.41, 5.74) is 0. The van der Waals surface area contributed by atoms with Gasteiger partial charge in [0.15, 0.2) is 0 Å². The lowest BCUT2D eigenvalue weighted by molar-refractivity contribution is -0.182. The van der Waals surface area contributed by atoms with Gasteiger partial charge in [-0.05, 0) is 0 Å². The van der Waals surface area contributed by atoms with Crippen molar-refractivity contribution in [2.24, 2.45) is 0 Å². The monoisotopic (exact) mass is 296 g/mol. The second kappa shape index (κ2) is 5.59. The molecule has 11 nitrogen and oxygen atoms in total. The molecule has 1 aromatic heterocycles. The Bertz CT molecular complexity index is 450. The van der Waals surface area contributed by atoms with E-state index >= 15 is 0 Å². The summed E-state index contributed by atoms with van der Waals surface area (Å²) in [6.07, 6.45) is -4.30. The van der Waals surface area contributed by atoms with E-state index < -0.39 is 38.8 Å². The van der Waals surface area contributed by atoms with Gasteiger partial charge in [-0.3, -0.25) is 4.52 Å². The number of ether oxygens (including phenoxy) is 1. The first-order chi connectivity index (χ1) is 8.87. The van der Waals surface area contributed by atoms with Crippen molar-refractivity contribution in [1.82, 2.24) is 20.6 Å². The van der Waals surface area contributed by atoms with Crippen LogP contribution < -0.4 is 0 Å².